The Morgan fingerprint density at radius 2 is 1.96 bits per heavy atom. The third-order valence-corrected chi connectivity index (χ3v) is 3.08. The molecule has 2 rings (SSSR count). The number of carbonyl (C=O) groups is 1. The van der Waals surface area contributed by atoms with Crippen LogP contribution in [0.1, 0.15) is 5.56 Å². The molecule has 1 heterocycles. The van der Waals surface area contributed by atoms with Crippen molar-refractivity contribution < 1.29 is 32.5 Å². The van der Waals surface area contributed by atoms with Crippen molar-refractivity contribution in [3.05, 3.63) is 53.2 Å². The van der Waals surface area contributed by atoms with Crippen LogP contribution in [-0.4, -0.2) is 28.8 Å². The minimum Gasteiger partial charge on any atom is -0.489 e. The summed E-state index contributed by atoms with van der Waals surface area (Å²) in [5.74, 6) is -1.38. The van der Waals surface area contributed by atoms with E-state index >= 15 is 0 Å². The number of benzene rings is 1. The van der Waals surface area contributed by atoms with Gasteiger partial charge in [-0.05, 0) is 18.2 Å². The monoisotopic (exact) mass is 361 g/mol. The largest absolute Gasteiger partial charge is 0.489 e. The molecule has 128 valence electrons. The van der Waals surface area contributed by atoms with Crippen molar-refractivity contribution in [3.63, 3.8) is 0 Å². The fraction of sp³-hybridized carbons (Fsp3) is 0.200. The minimum absolute atomic E-state index is 0.377. The molecule has 24 heavy (non-hydrogen) atoms. The Labute approximate surface area is 139 Å². The summed E-state index contributed by atoms with van der Waals surface area (Å²) in [6, 6.07) is 8.98. The van der Waals surface area contributed by atoms with Crippen LogP contribution in [0.4, 0.5) is 13.2 Å². The van der Waals surface area contributed by atoms with Crippen molar-refractivity contribution >= 4 is 17.6 Å². The van der Waals surface area contributed by atoms with Gasteiger partial charge in [-0.2, -0.15) is 13.2 Å². The Bertz CT molecular complexity index is 710. The number of para-hydroxylation sites is 1. The quantitative estimate of drug-likeness (QED) is 0.850. The van der Waals surface area contributed by atoms with E-state index in [2.05, 4.69) is 4.98 Å². The second-order valence-electron chi connectivity index (χ2n) is 4.58. The summed E-state index contributed by atoms with van der Waals surface area (Å²) in [5.41, 5.74) is -1.06. The summed E-state index contributed by atoms with van der Waals surface area (Å²) in [7, 11) is 0. The van der Waals surface area contributed by atoms with Gasteiger partial charge in [0.2, 0.25) is 12.0 Å². The zero-order valence-corrected chi connectivity index (χ0v) is 12.7. The second-order valence-corrected chi connectivity index (χ2v) is 4.98. The van der Waals surface area contributed by atoms with E-state index in [1.807, 2.05) is 0 Å². The van der Waals surface area contributed by atoms with Gasteiger partial charge in [0.15, 0.2) is 0 Å². The van der Waals surface area contributed by atoms with Crippen molar-refractivity contribution in [3.8, 4) is 11.6 Å². The fourth-order valence-corrected chi connectivity index (χ4v) is 1.86. The van der Waals surface area contributed by atoms with Gasteiger partial charge in [-0.1, -0.05) is 29.8 Å². The number of ether oxygens (including phenoxy) is 2. The van der Waals surface area contributed by atoms with Gasteiger partial charge in [0.05, 0.1) is 5.56 Å². The van der Waals surface area contributed by atoms with Crippen molar-refractivity contribution in [2.75, 3.05) is 6.61 Å². The molecule has 1 aromatic carbocycles. The zero-order valence-electron chi connectivity index (χ0n) is 12.0. The van der Waals surface area contributed by atoms with E-state index in [1.54, 1.807) is 30.3 Å². The van der Waals surface area contributed by atoms with E-state index in [4.69, 9.17) is 26.2 Å². The summed E-state index contributed by atoms with van der Waals surface area (Å²) in [6.45, 7) is -0.377. The molecular formula is C15H11ClF3NO4. The van der Waals surface area contributed by atoms with Crippen LogP contribution in [0.2, 0.25) is 5.02 Å². The number of rotatable bonds is 6. The Balaban J connectivity index is 2.09. The third-order valence-electron chi connectivity index (χ3n) is 2.81. The maximum Gasteiger partial charge on any atom is 0.417 e. The number of carboxylic acids is 1. The predicted molar refractivity (Wildman–Crippen MR) is 78.2 cm³/mol. The normalized spacial score (nSPS) is 12.5. The molecule has 2 aromatic rings. The summed E-state index contributed by atoms with van der Waals surface area (Å²) >= 11 is 5.68. The van der Waals surface area contributed by atoms with Gasteiger partial charge < -0.3 is 14.6 Å². The zero-order chi connectivity index (χ0) is 17.7. The van der Waals surface area contributed by atoms with Gasteiger partial charge >= 0.3 is 12.1 Å². The number of nitrogens with zero attached hydrogens (tertiary/aromatic N) is 1. The third kappa shape index (κ3) is 4.76. The molecule has 0 radical (unpaired) electrons. The van der Waals surface area contributed by atoms with Crippen molar-refractivity contribution in [2.45, 2.75) is 12.3 Å². The van der Waals surface area contributed by atoms with Crippen LogP contribution < -0.4 is 9.47 Å². The molecule has 0 amide bonds. The molecule has 1 N–H and O–H groups in total. The molecule has 1 aromatic heterocycles. The molecule has 1 atom stereocenters. The molecule has 0 saturated heterocycles. The number of hydrogen-bond acceptors (Lipinski definition) is 4. The molecule has 0 aliphatic carbocycles. The number of halogens is 4. The highest BCUT2D eigenvalue weighted by Crippen LogP contribution is 2.33. The molecule has 0 aliphatic rings. The first-order chi connectivity index (χ1) is 11.3. The van der Waals surface area contributed by atoms with E-state index < -0.39 is 34.7 Å². The Hall–Kier alpha value is -2.48. The average molecular weight is 362 g/mol. The van der Waals surface area contributed by atoms with Gasteiger partial charge in [0, 0.05) is 6.20 Å². The number of aliphatic carboxylic acids is 1. The summed E-state index contributed by atoms with van der Waals surface area (Å²) < 4.78 is 48.0. The van der Waals surface area contributed by atoms with E-state index in [1.165, 1.54) is 0 Å². The first-order valence-corrected chi connectivity index (χ1v) is 6.95. The lowest BCUT2D eigenvalue weighted by atomic mass is 10.3. The van der Waals surface area contributed by atoms with E-state index in [9.17, 15) is 18.0 Å². The van der Waals surface area contributed by atoms with Crippen LogP contribution in [-0.2, 0) is 11.0 Å². The van der Waals surface area contributed by atoms with Crippen molar-refractivity contribution in [1.29, 1.82) is 0 Å². The highest BCUT2D eigenvalue weighted by atomic mass is 35.5. The Morgan fingerprint density at radius 3 is 2.50 bits per heavy atom. The lowest BCUT2D eigenvalue weighted by Gasteiger charge is -2.16. The first-order valence-electron chi connectivity index (χ1n) is 6.57. The van der Waals surface area contributed by atoms with E-state index in [-0.39, 0.29) is 6.61 Å². The van der Waals surface area contributed by atoms with Crippen LogP contribution >= 0.6 is 11.6 Å². The van der Waals surface area contributed by atoms with Crippen LogP contribution in [0, 0.1) is 0 Å². The average Bonchev–Trinajstić information content (AvgIpc) is 2.52. The number of carboxylic acid groups (broad SMARTS) is 1. The molecule has 0 spiro atoms. The molecule has 1 unspecified atom stereocenters. The van der Waals surface area contributed by atoms with Gasteiger partial charge in [0.1, 0.15) is 17.4 Å². The minimum atomic E-state index is -4.61. The lowest BCUT2D eigenvalue weighted by molar-refractivity contribution is -0.146. The Morgan fingerprint density at radius 1 is 1.29 bits per heavy atom. The summed E-state index contributed by atoms with van der Waals surface area (Å²) in [6.07, 6.45) is -5.59. The molecule has 0 saturated carbocycles. The summed E-state index contributed by atoms with van der Waals surface area (Å²) in [4.78, 5) is 14.6. The Kier molecular flexibility index (Phi) is 5.50. The fourth-order valence-electron chi connectivity index (χ4n) is 1.65. The second kappa shape index (κ2) is 7.39. The molecular weight excluding hydrogens is 351 g/mol. The van der Waals surface area contributed by atoms with Gasteiger partial charge in [-0.3, -0.25) is 0 Å². The summed E-state index contributed by atoms with van der Waals surface area (Å²) in [5, 5.41) is 8.68. The van der Waals surface area contributed by atoms with Crippen LogP contribution in [0.5, 0.6) is 11.6 Å². The molecule has 5 nitrogen and oxygen atoms in total. The lowest BCUT2D eigenvalue weighted by Crippen LogP contribution is -2.33. The smallest absolute Gasteiger partial charge is 0.417 e. The van der Waals surface area contributed by atoms with Crippen molar-refractivity contribution in [1.82, 2.24) is 4.98 Å². The number of alkyl halides is 3. The van der Waals surface area contributed by atoms with E-state index in [0.29, 0.717) is 18.0 Å². The number of pyridine rings is 1. The number of aromatic nitrogens is 1. The highest BCUT2D eigenvalue weighted by Gasteiger charge is 2.32. The van der Waals surface area contributed by atoms with Gasteiger partial charge in [-0.15, -0.1) is 0 Å². The van der Waals surface area contributed by atoms with Crippen molar-refractivity contribution in [2.24, 2.45) is 0 Å². The highest BCUT2D eigenvalue weighted by molar-refractivity contribution is 6.31. The molecule has 0 fully saturated rings. The topological polar surface area (TPSA) is 68.7 Å². The maximum atomic E-state index is 12.5. The van der Waals surface area contributed by atoms with Gasteiger partial charge in [0.25, 0.3) is 0 Å². The van der Waals surface area contributed by atoms with Gasteiger partial charge in [-0.25, -0.2) is 9.78 Å². The predicted octanol–water partition coefficient (Wildman–Crippen LogP) is 3.66. The molecule has 9 heteroatoms. The number of hydrogen-bond donors (Lipinski definition) is 1. The molecule has 0 aliphatic heterocycles. The SMILES string of the molecule is O=C(O)C(COc1ccccc1)Oc1ncc(C(F)(F)F)cc1Cl. The standard InChI is InChI=1S/C15H11ClF3NO4/c16-11-6-9(15(17,18)19)7-20-13(11)24-12(14(21)22)8-23-10-4-2-1-3-5-10/h1-7,12H,8H2,(H,21,22). The van der Waals surface area contributed by atoms with Crippen LogP contribution in [0.3, 0.4) is 0 Å². The molecule has 0 bridgehead atoms. The first kappa shape index (κ1) is 17.9. The van der Waals surface area contributed by atoms with E-state index in [0.717, 1.165) is 0 Å². The van der Waals surface area contributed by atoms with Crippen LogP contribution in [0.25, 0.3) is 0 Å². The van der Waals surface area contributed by atoms with Crippen LogP contribution in [0.15, 0.2) is 42.6 Å². The maximum absolute atomic E-state index is 12.5.